The molecule has 1 aliphatic rings. The maximum Gasteiger partial charge on any atom is 0.269 e. The molecule has 3 aromatic rings. The molecular weight excluding hydrogens is 335 g/mol. The number of benzene rings is 1. The van der Waals surface area contributed by atoms with Gasteiger partial charge in [0.05, 0.1) is 17.8 Å². The zero-order valence-corrected chi connectivity index (χ0v) is 12.6. The maximum absolute atomic E-state index is 14.0. The van der Waals surface area contributed by atoms with Crippen molar-refractivity contribution in [3.8, 4) is 22.8 Å². The molecule has 0 aliphatic carbocycles. The number of hydrogen-bond acceptors (Lipinski definition) is 4. The molecular formula is C16H10F3N5O. The normalized spacial score (nSPS) is 13.5. The van der Waals surface area contributed by atoms with Crippen molar-refractivity contribution in [1.82, 2.24) is 25.1 Å². The molecule has 25 heavy (non-hydrogen) atoms. The van der Waals surface area contributed by atoms with Crippen molar-refractivity contribution in [3.63, 3.8) is 0 Å². The third-order valence-corrected chi connectivity index (χ3v) is 3.81. The van der Waals surface area contributed by atoms with Gasteiger partial charge >= 0.3 is 0 Å². The van der Waals surface area contributed by atoms with Crippen LogP contribution < -0.4 is 5.32 Å². The van der Waals surface area contributed by atoms with E-state index in [9.17, 15) is 18.0 Å². The Balaban J connectivity index is 1.81. The Morgan fingerprint density at radius 1 is 1.08 bits per heavy atom. The van der Waals surface area contributed by atoms with Crippen molar-refractivity contribution >= 4 is 5.91 Å². The minimum absolute atomic E-state index is 0.263. The first-order chi connectivity index (χ1) is 12.0. The van der Waals surface area contributed by atoms with Gasteiger partial charge in [0.25, 0.3) is 5.91 Å². The number of carbonyl (C=O) groups excluding carboxylic acids is 1. The van der Waals surface area contributed by atoms with Crippen LogP contribution in [0.4, 0.5) is 13.2 Å². The molecule has 4 rings (SSSR count). The summed E-state index contributed by atoms with van der Waals surface area (Å²) in [6.45, 7) is 0.966. The molecule has 0 bridgehead atoms. The molecule has 0 unspecified atom stereocenters. The summed E-state index contributed by atoms with van der Waals surface area (Å²) >= 11 is 0. The third kappa shape index (κ3) is 2.53. The zero-order valence-electron chi connectivity index (χ0n) is 12.6. The summed E-state index contributed by atoms with van der Waals surface area (Å²) in [5.74, 6) is -4.09. The van der Waals surface area contributed by atoms with Gasteiger partial charge in [-0.3, -0.25) is 9.48 Å². The Kier molecular flexibility index (Phi) is 3.48. The predicted molar refractivity (Wildman–Crippen MR) is 80.9 cm³/mol. The first-order valence-electron chi connectivity index (χ1n) is 7.38. The molecule has 1 aromatic carbocycles. The molecule has 1 N–H and O–H groups in total. The van der Waals surface area contributed by atoms with E-state index in [4.69, 9.17) is 0 Å². The Morgan fingerprint density at radius 3 is 2.68 bits per heavy atom. The summed E-state index contributed by atoms with van der Waals surface area (Å²) in [5, 5.41) is 6.96. The summed E-state index contributed by atoms with van der Waals surface area (Å²) < 4.78 is 42.8. The van der Waals surface area contributed by atoms with Gasteiger partial charge in [-0.2, -0.15) is 5.10 Å². The summed E-state index contributed by atoms with van der Waals surface area (Å²) in [4.78, 5) is 19.7. The van der Waals surface area contributed by atoms with Gasteiger partial charge in [-0.05, 0) is 24.3 Å². The topological polar surface area (TPSA) is 72.7 Å². The number of carbonyl (C=O) groups is 1. The smallest absolute Gasteiger partial charge is 0.269 e. The van der Waals surface area contributed by atoms with E-state index < -0.39 is 23.0 Å². The van der Waals surface area contributed by atoms with Crippen LogP contribution in [0.15, 0.2) is 30.5 Å². The lowest BCUT2D eigenvalue weighted by Crippen LogP contribution is -2.35. The monoisotopic (exact) mass is 345 g/mol. The number of rotatable bonds is 2. The lowest BCUT2D eigenvalue weighted by molar-refractivity contribution is 0.0924. The van der Waals surface area contributed by atoms with E-state index in [1.54, 1.807) is 0 Å². The molecule has 0 radical (unpaired) electrons. The highest BCUT2D eigenvalue weighted by atomic mass is 19.2. The number of amides is 1. The van der Waals surface area contributed by atoms with Crippen LogP contribution in [0, 0.1) is 17.5 Å². The van der Waals surface area contributed by atoms with E-state index >= 15 is 0 Å². The van der Waals surface area contributed by atoms with Crippen LogP contribution in [-0.4, -0.2) is 32.2 Å². The largest absolute Gasteiger partial charge is 0.349 e. The molecule has 3 heterocycles. The summed E-state index contributed by atoms with van der Waals surface area (Å²) in [6.07, 6.45) is 1.29. The van der Waals surface area contributed by atoms with Crippen LogP contribution in [0.3, 0.4) is 0 Å². The first kappa shape index (κ1) is 15.3. The van der Waals surface area contributed by atoms with Crippen LogP contribution in [-0.2, 0) is 6.54 Å². The number of halogens is 3. The zero-order chi connectivity index (χ0) is 17.6. The summed E-state index contributed by atoms with van der Waals surface area (Å²) in [7, 11) is 0. The molecule has 0 atom stereocenters. The average Bonchev–Trinajstić information content (AvgIpc) is 3.05. The summed E-state index contributed by atoms with van der Waals surface area (Å²) in [5.41, 5.74) is 0.337. The predicted octanol–water partition coefficient (Wildman–Crippen LogP) is 2.17. The van der Waals surface area contributed by atoms with Crippen LogP contribution in [0.2, 0.25) is 0 Å². The number of nitrogens with zero attached hydrogens (tertiary/aromatic N) is 4. The van der Waals surface area contributed by atoms with Gasteiger partial charge in [-0.15, -0.1) is 0 Å². The minimum atomic E-state index is -1.36. The molecule has 126 valence electrons. The lowest BCUT2D eigenvalue weighted by Gasteiger charge is -2.13. The number of hydrogen-bond donors (Lipinski definition) is 1. The second-order valence-corrected chi connectivity index (χ2v) is 5.38. The van der Waals surface area contributed by atoms with Gasteiger partial charge < -0.3 is 5.32 Å². The molecule has 1 amide bonds. The lowest BCUT2D eigenvalue weighted by atomic mass is 10.1. The van der Waals surface area contributed by atoms with Crippen molar-refractivity contribution in [2.75, 3.05) is 6.54 Å². The maximum atomic E-state index is 14.0. The Labute approximate surface area is 139 Å². The molecule has 0 spiro atoms. The van der Waals surface area contributed by atoms with E-state index in [-0.39, 0.29) is 17.4 Å². The number of fused-ring (bicyclic) bond motifs is 1. The minimum Gasteiger partial charge on any atom is -0.349 e. The highest BCUT2D eigenvalue weighted by Crippen LogP contribution is 2.27. The quantitative estimate of drug-likeness (QED) is 0.723. The highest BCUT2D eigenvalue weighted by molar-refractivity contribution is 5.94. The Bertz CT molecular complexity index is 1000. The van der Waals surface area contributed by atoms with Gasteiger partial charge in [0.1, 0.15) is 17.2 Å². The van der Waals surface area contributed by atoms with Gasteiger partial charge in [0.15, 0.2) is 17.5 Å². The Morgan fingerprint density at radius 2 is 1.88 bits per heavy atom. The second kappa shape index (κ2) is 5.69. The van der Waals surface area contributed by atoms with E-state index in [1.807, 2.05) is 0 Å². The van der Waals surface area contributed by atoms with Crippen molar-refractivity contribution in [2.24, 2.45) is 0 Å². The van der Waals surface area contributed by atoms with Crippen molar-refractivity contribution < 1.29 is 18.0 Å². The fourth-order valence-corrected chi connectivity index (χ4v) is 2.61. The van der Waals surface area contributed by atoms with Crippen LogP contribution >= 0.6 is 0 Å². The fourth-order valence-electron chi connectivity index (χ4n) is 2.61. The highest BCUT2D eigenvalue weighted by Gasteiger charge is 2.22. The van der Waals surface area contributed by atoms with Crippen LogP contribution in [0.1, 0.15) is 10.5 Å². The fraction of sp³-hybridized carbons (Fsp3) is 0.125. The summed E-state index contributed by atoms with van der Waals surface area (Å²) in [6, 6.07) is 4.52. The first-order valence-corrected chi connectivity index (χ1v) is 7.38. The molecule has 0 fully saturated rings. The van der Waals surface area contributed by atoms with E-state index in [1.165, 1.54) is 23.0 Å². The van der Waals surface area contributed by atoms with E-state index in [2.05, 4.69) is 20.4 Å². The standard InChI is InChI=1S/C16H10F3N5O/c17-8-1-2-9(18)14(19)13(8)15-20-4-3-10(22-15)11-7-12-16(25)21-5-6-24(12)23-11/h1-4,7H,5-6H2,(H,21,25). The molecule has 9 heteroatoms. The van der Waals surface area contributed by atoms with Gasteiger partial charge in [0.2, 0.25) is 0 Å². The molecule has 0 saturated heterocycles. The van der Waals surface area contributed by atoms with Gasteiger partial charge in [-0.1, -0.05) is 0 Å². The molecule has 6 nitrogen and oxygen atoms in total. The Hall–Kier alpha value is -3.23. The van der Waals surface area contributed by atoms with Crippen molar-refractivity contribution in [2.45, 2.75) is 6.54 Å². The molecule has 0 saturated carbocycles. The van der Waals surface area contributed by atoms with Crippen LogP contribution in [0.5, 0.6) is 0 Å². The third-order valence-electron chi connectivity index (χ3n) is 3.81. The van der Waals surface area contributed by atoms with Crippen LogP contribution in [0.25, 0.3) is 22.8 Å². The molecule has 1 aliphatic heterocycles. The van der Waals surface area contributed by atoms with Crippen molar-refractivity contribution in [3.05, 3.63) is 53.6 Å². The average molecular weight is 345 g/mol. The van der Waals surface area contributed by atoms with Gasteiger partial charge in [-0.25, -0.2) is 23.1 Å². The SMILES string of the molecule is O=C1NCCn2nc(-c3ccnc(-c4c(F)ccc(F)c4F)n3)cc21. The molecule has 2 aromatic heterocycles. The van der Waals surface area contributed by atoms with E-state index in [0.29, 0.717) is 30.5 Å². The number of nitrogens with one attached hydrogen (secondary N) is 1. The van der Waals surface area contributed by atoms with Crippen molar-refractivity contribution in [1.29, 1.82) is 0 Å². The van der Waals surface area contributed by atoms with Gasteiger partial charge in [0, 0.05) is 12.7 Å². The second-order valence-electron chi connectivity index (χ2n) is 5.38. The number of aromatic nitrogens is 4. The van der Waals surface area contributed by atoms with E-state index in [0.717, 1.165) is 6.07 Å².